The van der Waals surface area contributed by atoms with Gasteiger partial charge in [-0.2, -0.15) is 0 Å². The van der Waals surface area contributed by atoms with Crippen LogP contribution in [0.15, 0.2) is 24.3 Å². The van der Waals surface area contributed by atoms with Crippen LogP contribution < -0.4 is 5.32 Å². The molecule has 0 radical (unpaired) electrons. The highest BCUT2D eigenvalue weighted by atomic mass is 16.5. The van der Waals surface area contributed by atoms with E-state index in [-0.39, 0.29) is 6.23 Å². The average Bonchev–Trinajstić information content (AvgIpc) is 2.58. The first-order chi connectivity index (χ1) is 5.86. The number of aryl methyl sites for hydroxylation is 1. The first-order valence-corrected chi connectivity index (χ1v) is 4.28. The molecule has 1 aliphatic heterocycles. The van der Waals surface area contributed by atoms with E-state index in [9.17, 15) is 0 Å². The Hall–Kier alpha value is -0.860. The van der Waals surface area contributed by atoms with Crippen molar-refractivity contribution in [3.05, 3.63) is 35.4 Å². The molecule has 0 aromatic heterocycles. The lowest BCUT2D eigenvalue weighted by Gasteiger charge is -2.09. The lowest BCUT2D eigenvalue weighted by atomic mass is 10.1. The van der Waals surface area contributed by atoms with E-state index in [1.807, 2.05) is 0 Å². The SMILES string of the molecule is Cc1ccc(C2NCCO2)cc1. The molecule has 0 amide bonds. The van der Waals surface area contributed by atoms with Gasteiger partial charge in [0.05, 0.1) is 6.61 Å². The van der Waals surface area contributed by atoms with E-state index in [0.29, 0.717) is 0 Å². The molecular weight excluding hydrogens is 150 g/mol. The molecule has 64 valence electrons. The van der Waals surface area contributed by atoms with Crippen LogP contribution in [0.5, 0.6) is 0 Å². The first-order valence-electron chi connectivity index (χ1n) is 4.28. The molecule has 1 heterocycles. The van der Waals surface area contributed by atoms with Gasteiger partial charge in [0.15, 0.2) is 0 Å². The third-order valence-electron chi connectivity index (χ3n) is 2.10. The second-order valence-electron chi connectivity index (χ2n) is 3.12. The molecule has 1 unspecified atom stereocenters. The third-order valence-corrected chi connectivity index (χ3v) is 2.10. The number of hydrogen-bond acceptors (Lipinski definition) is 2. The number of hydrogen-bond donors (Lipinski definition) is 1. The molecule has 1 aromatic carbocycles. The molecular formula is C10H13NO. The van der Waals surface area contributed by atoms with Crippen LogP contribution in [0.3, 0.4) is 0 Å². The zero-order valence-electron chi connectivity index (χ0n) is 7.21. The summed E-state index contributed by atoms with van der Waals surface area (Å²) in [6.45, 7) is 3.86. The summed E-state index contributed by atoms with van der Waals surface area (Å²) in [5.41, 5.74) is 2.51. The van der Waals surface area contributed by atoms with Gasteiger partial charge >= 0.3 is 0 Å². The van der Waals surface area contributed by atoms with Gasteiger partial charge in [-0.1, -0.05) is 29.8 Å². The van der Waals surface area contributed by atoms with E-state index in [1.54, 1.807) is 0 Å². The van der Waals surface area contributed by atoms with Gasteiger partial charge in [-0.3, -0.25) is 5.32 Å². The predicted molar refractivity (Wildman–Crippen MR) is 47.9 cm³/mol. The van der Waals surface area contributed by atoms with Crippen LogP contribution in [0, 0.1) is 6.92 Å². The molecule has 1 atom stereocenters. The summed E-state index contributed by atoms with van der Waals surface area (Å²) in [4.78, 5) is 0. The van der Waals surface area contributed by atoms with E-state index in [0.717, 1.165) is 13.2 Å². The molecule has 0 spiro atoms. The van der Waals surface area contributed by atoms with Crippen molar-refractivity contribution in [2.24, 2.45) is 0 Å². The summed E-state index contributed by atoms with van der Waals surface area (Å²) in [6.07, 6.45) is 0.116. The van der Waals surface area contributed by atoms with Gasteiger partial charge in [0.25, 0.3) is 0 Å². The van der Waals surface area contributed by atoms with Crippen molar-refractivity contribution in [1.82, 2.24) is 5.32 Å². The Balaban J connectivity index is 2.17. The van der Waals surface area contributed by atoms with Gasteiger partial charge in [0.1, 0.15) is 6.23 Å². The van der Waals surface area contributed by atoms with E-state index < -0.39 is 0 Å². The Kier molecular flexibility index (Phi) is 2.11. The summed E-state index contributed by atoms with van der Waals surface area (Å²) in [7, 11) is 0. The minimum absolute atomic E-state index is 0.116. The van der Waals surface area contributed by atoms with Crippen LogP contribution in [0.2, 0.25) is 0 Å². The fraction of sp³-hybridized carbons (Fsp3) is 0.400. The summed E-state index contributed by atoms with van der Waals surface area (Å²) < 4.78 is 5.47. The Morgan fingerprint density at radius 2 is 2.08 bits per heavy atom. The molecule has 0 saturated carbocycles. The van der Waals surface area contributed by atoms with Crippen molar-refractivity contribution >= 4 is 0 Å². The fourth-order valence-corrected chi connectivity index (χ4v) is 1.38. The molecule has 0 aliphatic carbocycles. The molecule has 2 heteroatoms. The Morgan fingerprint density at radius 1 is 1.33 bits per heavy atom. The molecule has 1 aromatic rings. The van der Waals surface area contributed by atoms with Gasteiger partial charge in [0.2, 0.25) is 0 Å². The highest BCUT2D eigenvalue weighted by molar-refractivity contribution is 5.23. The highest BCUT2D eigenvalue weighted by Gasteiger charge is 2.15. The lowest BCUT2D eigenvalue weighted by molar-refractivity contribution is 0.102. The minimum Gasteiger partial charge on any atom is -0.358 e. The number of ether oxygens (including phenoxy) is 1. The average molecular weight is 163 g/mol. The molecule has 1 N–H and O–H groups in total. The topological polar surface area (TPSA) is 21.3 Å². The van der Waals surface area contributed by atoms with Gasteiger partial charge in [-0.05, 0) is 12.5 Å². The Labute approximate surface area is 72.5 Å². The summed E-state index contributed by atoms with van der Waals surface area (Å²) in [5.74, 6) is 0. The van der Waals surface area contributed by atoms with E-state index in [4.69, 9.17) is 4.74 Å². The molecule has 2 nitrogen and oxygen atoms in total. The molecule has 2 rings (SSSR count). The van der Waals surface area contributed by atoms with Crippen molar-refractivity contribution in [2.45, 2.75) is 13.2 Å². The maximum Gasteiger partial charge on any atom is 0.134 e. The van der Waals surface area contributed by atoms with Gasteiger partial charge in [-0.25, -0.2) is 0 Å². The standard InChI is InChI=1S/C10H13NO/c1-8-2-4-9(5-3-8)10-11-6-7-12-10/h2-5,10-11H,6-7H2,1H3. The van der Waals surface area contributed by atoms with Gasteiger partial charge in [-0.15, -0.1) is 0 Å². The quantitative estimate of drug-likeness (QED) is 0.679. The summed E-state index contributed by atoms with van der Waals surface area (Å²) in [6, 6.07) is 8.44. The second-order valence-corrected chi connectivity index (χ2v) is 3.12. The highest BCUT2D eigenvalue weighted by Crippen LogP contribution is 2.17. The van der Waals surface area contributed by atoms with Crippen molar-refractivity contribution in [2.75, 3.05) is 13.2 Å². The zero-order valence-corrected chi connectivity index (χ0v) is 7.21. The predicted octanol–water partition coefficient (Wildman–Crippen LogP) is 1.61. The fourth-order valence-electron chi connectivity index (χ4n) is 1.38. The maximum atomic E-state index is 5.47. The van der Waals surface area contributed by atoms with Crippen molar-refractivity contribution in [3.8, 4) is 0 Å². The number of nitrogens with one attached hydrogen (secondary N) is 1. The van der Waals surface area contributed by atoms with Crippen LogP contribution in [0.1, 0.15) is 17.4 Å². The molecule has 12 heavy (non-hydrogen) atoms. The third kappa shape index (κ3) is 1.49. The number of benzene rings is 1. The van der Waals surface area contributed by atoms with Crippen molar-refractivity contribution in [3.63, 3.8) is 0 Å². The van der Waals surface area contributed by atoms with Gasteiger partial charge < -0.3 is 4.74 Å². The molecule has 1 saturated heterocycles. The minimum atomic E-state index is 0.116. The second kappa shape index (κ2) is 3.25. The van der Waals surface area contributed by atoms with E-state index in [1.165, 1.54) is 11.1 Å². The van der Waals surface area contributed by atoms with Crippen LogP contribution in [0.4, 0.5) is 0 Å². The van der Waals surface area contributed by atoms with E-state index in [2.05, 4.69) is 36.5 Å². The smallest absolute Gasteiger partial charge is 0.134 e. The largest absolute Gasteiger partial charge is 0.358 e. The van der Waals surface area contributed by atoms with Crippen molar-refractivity contribution < 1.29 is 4.74 Å². The van der Waals surface area contributed by atoms with Crippen LogP contribution in [0.25, 0.3) is 0 Å². The first kappa shape index (κ1) is 7.77. The number of rotatable bonds is 1. The van der Waals surface area contributed by atoms with Crippen LogP contribution >= 0.6 is 0 Å². The van der Waals surface area contributed by atoms with Gasteiger partial charge in [0, 0.05) is 6.54 Å². The normalized spacial score (nSPS) is 22.9. The zero-order chi connectivity index (χ0) is 8.39. The maximum absolute atomic E-state index is 5.47. The van der Waals surface area contributed by atoms with Crippen LogP contribution in [-0.2, 0) is 4.74 Å². The Bertz CT molecular complexity index is 249. The molecule has 0 bridgehead atoms. The van der Waals surface area contributed by atoms with Crippen LogP contribution in [-0.4, -0.2) is 13.2 Å². The molecule has 1 aliphatic rings. The van der Waals surface area contributed by atoms with Crippen molar-refractivity contribution in [1.29, 1.82) is 0 Å². The summed E-state index contributed by atoms with van der Waals surface area (Å²) in [5, 5.41) is 3.27. The van der Waals surface area contributed by atoms with E-state index >= 15 is 0 Å². The Morgan fingerprint density at radius 3 is 2.67 bits per heavy atom. The monoisotopic (exact) mass is 163 g/mol. The summed E-state index contributed by atoms with van der Waals surface area (Å²) >= 11 is 0. The molecule has 1 fully saturated rings. The lowest BCUT2D eigenvalue weighted by Crippen LogP contribution is -2.13.